The number of aromatic nitrogens is 2. The third-order valence-electron chi connectivity index (χ3n) is 3.90. The molecule has 0 radical (unpaired) electrons. The van der Waals surface area contributed by atoms with Crippen LogP contribution in [-0.4, -0.2) is 22.8 Å². The standard InChI is InChI=1S/C14H16N4O/c1-19-11-4-3-10(7-11)18-13-6-9(8-15)2-5-12(13)17-14(18)16/h2,5-6,10-11H,3-4,7H2,1H3,(H2,16,17). The molecule has 3 rings (SSSR count). The topological polar surface area (TPSA) is 76.9 Å². The number of benzene rings is 1. The quantitative estimate of drug-likeness (QED) is 0.893. The fourth-order valence-electron chi connectivity index (χ4n) is 2.93. The molecule has 0 amide bonds. The Morgan fingerprint density at radius 3 is 3.00 bits per heavy atom. The summed E-state index contributed by atoms with van der Waals surface area (Å²) in [6.07, 6.45) is 3.31. The summed E-state index contributed by atoms with van der Waals surface area (Å²) in [6.45, 7) is 0. The van der Waals surface area contributed by atoms with Crippen LogP contribution in [0.2, 0.25) is 0 Å². The third kappa shape index (κ3) is 1.94. The zero-order valence-corrected chi connectivity index (χ0v) is 10.8. The molecule has 2 unspecified atom stereocenters. The summed E-state index contributed by atoms with van der Waals surface area (Å²) < 4.78 is 7.46. The largest absolute Gasteiger partial charge is 0.381 e. The maximum atomic E-state index is 9.01. The van der Waals surface area contributed by atoms with Gasteiger partial charge in [-0.05, 0) is 37.5 Å². The summed E-state index contributed by atoms with van der Waals surface area (Å²) >= 11 is 0. The van der Waals surface area contributed by atoms with Gasteiger partial charge in [0.1, 0.15) is 0 Å². The van der Waals surface area contributed by atoms with Crippen LogP contribution < -0.4 is 5.73 Å². The second-order valence-electron chi connectivity index (χ2n) is 4.98. The number of hydrogen-bond donors (Lipinski definition) is 1. The molecule has 1 aliphatic rings. The summed E-state index contributed by atoms with van der Waals surface area (Å²) in [5, 5.41) is 9.01. The third-order valence-corrected chi connectivity index (χ3v) is 3.90. The van der Waals surface area contributed by atoms with Gasteiger partial charge in [-0.1, -0.05) is 0 Å². The number of methoxy groups -OCH3 is 1. The van der Waals surface area contributed by atoms with E-state index in [-0.39, 0.29) is 0 Å². The van der Waals surface area contributed by atoms with E-state index in [0.29, 0.717) is 23.7 Å². The number of ether oxygens (including phenoxy) is 1. The molecule has 1 saturated carbocycles. The van der Waals surface area contributed by atoms with Crippen molar-refractivity contribution in [2.24, 2.45) is 0 Å². The van der Waals surface area contributed by atoms with Crippen molar-refractivity contribution in [1.82, 2.24) is 9.55 Å². The maximum Gasteiger partial charge on any atom is 0.201 e. The minimum absolute atomic E-state index is 0.293. The zero-order valence-electron chi connectivity index (χ0n) is 10.8. The van der Waals surface area contributed by atoms with Crippen molar-refractivity contribution in [3.05, 3.63) is 23.8 Å². The Balaban J connectivity index is 2.07. The summed E-state index contributed by atoms with van der Waals surface area (Å²) in [6, 6.07) is 7.95. The van der Waals surface area contributed by atoms with Crippen LogP contribution in [0.25, 0.3) is 11.0 Å². The fourth-order valence-corrected chi connectivity index (χ4v) is 2.93. The molecule has 1 fully saturated rings. The van der Waals surface area contributed by atoms with E-state index in [2.05, 4.69) is 15.6 Å². The Hall–Kier alpha value is -2.06. The van der Waals surface area contributed by atoms with Gasteiger partial charge in [-0.3, -0.25) is 0 Å². The van der Waals surface area contributed by atoms with Gasteiger partial charge >= 0.3 is 0 Å². The second kappa shape index (κ2) is 4.56. The molecular weight excluding hydrogens is 240 g/mol. The van der Waals surface area contributed by atoms with E-state index in [4.69, 9.17) is 15.7 Å². The Morgan fingerprint density at radius 2 is 2.32 bits per heavy atom. The Morgan fingerprint density at radius 1 is 1.47 bits per heavy atom. The highest BCUT2D eigenvalue weighted by Gasteiger charge is 2.28. The van der Waals surface area contributed by atoms with Crippen LogP contribution in [0.4, 0.5) is 5.95 Å². The minimum atomic E-state index is 0.293. The lowest BCUT2D eigenvalue weighted by molar-refractivity contribution is 0.106. The molecule has 5 nitrogen and oxygen atoms in total. The highest BCUT2D eigenvalue weighted by Crippen LogP contribution is 2.36. The highest BCUT2D eigenvalue weighted by atomic mass is 16.5. The van der Waals surface area contributed by atoms with Gasteiger partial charge in [0.15, 0.2) is 0 Å². The van der Waals surface area contributed by atoms with E-state index in [1.807, 2.05) is 12.1 Å². The van der Waals surface area contributed by atoms with E-state index in [0.717, 1.165) is 30.3 Å². The average molecular weight is 256 g/mol. The summed E-state index contributed by atoms with van der Waals surface area (Å²) in [5.41, 5.74) is 8.46. The number of nitrogens with zero attached hydrogens (tertiary/aromatic N) is 3. The first-order chi connectivity index (χ1) is 9.22. The molecule has 1 aromatic heterocycles. The number of nitrogens with two attached hydrogens (primary N) is 1. The molecule has 2 aromatic rings. The molecular formula is C14H16N4O. The maximum absolute atomic E-state index is 9.01. The molecule has 0 aliphatic heterocycles. The van der Waals surface area contributed by atoms with Crippen molar-refractivity contribution >= 4 is 17.0 Å². The molecule has 0 bridgehead atoms. The van der Waals surface area contributed by atoms with Crippen LogP contribution >= 0.6 is 0 Å². The first-order valence-corrected chi connectivity index (χ1v) is 6.43. The van der Waals surface area contributed by atoms with Crippen molar-refractivity contribution in [3.8, 4) is 6.07 Å². The number of nitrogen functional groups attached to an aromatic ring is 1. The molecule has 98 valence electrons. The summed E-state index contributed by atoms with van der Waals surface area (Å²) in [7, 11) is 1.75. The molecule has 1 aromatic carbocycles. The predicted molar refractivity (Wildman–Crippen MR) is 72.5 cm³/mol. The monoisotopic (exact) mass is 256 g/mol. The van der Waals surface area contributed by atoms with E-state index < -0.39 is 0 Å². The van der Waals surface area contributed by atoms with E-state index in [1.165, 1.54) is 0 Å². The van der Waals surface area contributed by atoms with Crippen molar-refractivity contribution < 1.29 is 4.74 Å². The Bertz CT molecular complexity index is 655. The second-order valence-corrected chi connectivity index (χ2v) is 4.98. The lowest BCUT2D eigenvalue weighted by atomic mass is 10.2. The summed E-state index contributed by atoms with van der Waals surface area (Å²) in [4.78, 5) is 4.37. The first-order valence-electron chi connectivity index (χ1n) is 6.43. The molecule has 5 heteroatoms. The lowest BCUT2D eigenvalue weighted by Gasteiger charge is -2.15. The first kappa shape index (κ1) is 12.0. The zero-order chi connectivity index (χ0) is 13.4. The van der Waals surface area contributed by atoms with Crippen molar-refractivity contribution in [2.45, 2.75) is 31.4 Å². The number of rotatable bonds is 2. The molecule has 0 saturated heterocycles. The number of hydrogen-bond acceptors (Lipinski definition) is 4. The molecule has 1 aliphatic carbocycles. The number of fused-ring (bicyclic) bond motifs is 1. The Kier molecular flexibility index (Phi) is 2.88. The van der Waals surface area contributed by atoms with Crippen LogP contribution in [0.15, 0.2) is 18.2 Å². The fraction of sp³-hybridized carbons (Fsp3) is 0.429. The van der Waals surface area contributed by atoms with Crippen molar-refractivity contribution in [3.63, 3.8) is 0 Å². The van der Waals surface area contributed by atoms with E-state index in [1.54, 1.807) is 13.2 Å². The van der Waals surface area contributed by atoms with Gasteiger partial charge in [0.2, 0.25) is 5.95 Å². The van der Waals surface area contributed by atoms with Gasteiger partial charge in [-0.25, -0.2) is 4.98 Å². The predicted octanol–water partition coefficient (Wildman–Crippen LogP) is 2.23. The van der Waals surface area contributed by atoms with Gasteiger partial charge in [0.05, 0.1) is 28.8 Å². The summed E-state index contributed by atoms with van der Waals surface area (Å²) in [5.74, 6) is 0.520. The molecule has 2 N–H and O–H groups in total. The van der Waals surface area contributed by atoms with Gasteiger partial charge in [0.25, 0.3) is 0 Å². The normalized spacial score (nSPS) is 22.7. The molecule has 2 atom stereocenters. The van der Waals surface area contributed by atoms with E-state index >= 15 is 0 Å². The average Bonchev–Trinajstić information content (AvgIpc) is 3.00. The van der Waals surface area contributed by atoms with Gasteiger partial charge < -0.3 is 15.0 Å². The number of anilines is 1. The van der Waals surface area contributed by atoms with E-state index in [9.17, 15) is 0 Å². The Labute approximate surface area is 111 Å². The molecule has 19 heavy (non-hydrogen) atoms. The van der Waals surface area contributed by atoms with Crippen molar-refractivity contribution in [2.75, 3.05) is 12.8 Å². The van der Waals surface area contributed by atoms with Crippen LogP contribution in [0.3, 0.4) is 0 Å². The number of imidazole rings is 1. The van der Waals surface area contributed by atoms with Gasteiger partial charge in [0, 0.05) is 13.2 Å². The van der Waals surface area contributed by atoms with Crippen LogP contribution in [0, 0.1) is 11.3 Å². The highest BCUT2D eigenvalue weighted by molar-refractivity contribution is 5.80. The molecule has 1 heterocycles. The smallest absolute Gasteiger partial charge is 0.201 e. The van der Waals surface area contributed by atoms with Gasteiger partial charge in [-0.2, -0.15) is 5.26 Å². The lowest BCUT2D eigenvalue weighted by Crippen LogP contribution is -2.11. The van der Waals surface area contributed by atoms with Gasteiger partial charge in [-0.15, -0.1) is 0 Å². The van der Waals surface area contributed by atoms with Crippen LogP contribution in [0.5, 0.6) is 0 Å². The minimum Gasteiger partial charge on any atom is -0.381 e. The van der Waals surface area contributed by atoms with Crippen molar-refractivity contribution in [1.29, 1.82) is 5.26 Å². The molecule has 0 spiro atoms. The van der Waals surface area contributed by atoms with Crippen LogP contribution in [-0.2, 0) is 4.74 Å². The SMILES string of the molecule is COC1CCC(n2c(N)nc3ccc(C#N)cc32)C1. The van der Waals surface area contributed by atoms with Crippen LogP contribution in [0.1, 0.15) is 30.9 Å². The number of nitriles is 1.